The normalized spacial score (nSPS) is 18.3. The first kappa shape index (κ1) is 16.7. The molecule has 1 aromatic carbocycles. The highest BCUT2D eigenvalue weighted by atomic mass is 16.5. The number of para-hydroxylation sites is 1. The minimum absolute atomic E-state index is 0.169. The van der Waals surface area contributed by atoms with Crippen molar-refractivity contribution in [1.82, 2.24) is 15.1 Å². The van der Waals surface area contributed by atoms with E-state index in [1.165, 1.54) is 0 Å². The highest BCUT2D eigenvalue weighted by Crippen LogP contribution is 2.12. The molecule has 2 heterocycles. The lowest BCUT2D eigenvalue weighted by Crippen LogP contribution is -2.48. The van der Waals surface area contributed by atoms with Gasteiger partial charge in [0.25, 0.3) is 0 Å². The van der Waals surface area contributed by atoms with E-state index in [1.807, 2.05) is 49.5 Å². The van der Waals surface area contributed by atoms with Gasteiger partial charge in [-0.2, -0.15) is 5.10 Å². The lowest BCUT2D eigenvalue weighted by molar-refractivity contribution is -0.0265. The van der Waals surface area contributed by atoms with E-state index in [0.29, 0.717) is 6.61 Å². The second-order valence-corrected chi connectivity index (χ2v) is 5.92. The largest absolute Gasteiger partial charge is 0.492 e. The van der Waals surface area contributed by atoms with Gasteiger partial charge in [-0.15, -0.1) is 5.10 Å². The fourth-order valence-electron chi connectivity index (χ4n) is 2.80. The standard InChI is InChI=1S/C18H24N4O2/c1-21(18-8-5-9-19-20-18)14-17-15-22(11-13-24-17)10-12-23-16-6-3-2-4-7-16/h2-9,17H,10-15H2,1H3. The van der Waals surface area contributed by atoms with E-state index < -0.39 is 0 Å². The molecule has 1 aromatic heterocycles. The summed E-state index contributed by atoms with van der Waals surface area (Å²) in [6.07, 6.45) is 1.85. The summed E-state index contributed by atoms with van der Waals surface area (Å²) in [5.74, 6) is 1.79. The molecule has 0 aliphatic carbocycles. The molecule has 0 spiro atoms. The molecule has 1 fully saturated rings. The Kier molecular flexibility index (Phi) is 5.98. The zero-order valence-corrected chi connectivity index (χ0v) is 14.0. The number of aromatic nitrogens is 2. The van der Waals surface area contributed by atoms with Gasteiger partial charge in [-0.25, -0.2) is 0 Å². The summed E-state index contributed by atoms with van der Waals surface area (Å²) < 4.78 is 11.7. The van der Waals surface area contributed by atoms with Crippen LogP contribution in [0.2, 0.25) is 0 Å². The van der Waals surface area contributed by atoms with Crippen LogP contribution in [0.15, 0.2) is 48.7 Å². The molecule has 2 aromatic rings. The smallest absolute Gasteiger partial charge is 0.151 e. The van der Waals surface area contributed by atoms with Gasteiger partial charge in [-0.3, -0.25) is 4.90 Å². The number of morpholine rings is 1. The number of rotatable bonds is 7. The molecule has 0 saturated carbocycles. The molecule has 0 bridgehead atoms. The Labute approximate surface area is 143 Å². The average molecular weight is 328 g/mol. The first-order valence-corrected chi connectivity index (χ1v) is 8.32. The first-order chi connectivity index (χ1) is 11.8. The summed E-state index contributed by atoms with van der Waals surface area (Å²) in [7, 11) is 2.02. The number of nitrogens with zero attached hydrogens (tertiary/aromatic N) is 4. The van der Waals surface area contributed by atoms with E-state index in [9.17, 15) is 0 Å². The van der Waals surface area contributed by atoms with Crippen molar-refractivity contribution in [3.05, 3.63) is 48.7 Å². The van der Waals surface area contributed by atoms with Gasteiger partial charge in [0.05, 0.1) is 12.7 Å². The Balaban J connectivity index is 1.42. The molecule has 1 aliphatic rings. The second-order valence-electron chi connectivity index (χ2n) is 5.92. The van der Waals surface area contributed by atoms with Crippen LogP contribution in [0.25, 0.3) is 0 Å². The van der Waals surface area contributed by atoms with Crippen molar-refractivity contribution in [3.8, 4) is 5.75 Å². The minimum atomic E-state index is 0.169. The molecule has 6 heteroatoms. The number of anilines is 1. The molecule has 3 rings (SSSR count). The van der Waals surface area contributed by atoms with Crippen molar-refractivity contribution < 1.29 is 9.47 Å². The highest BCUT2D eigenvalue weighted by Gasteiger charge is 2.22. The monoisotopic (exact) mass is 328 g/mol. The van der Waals surface area contributed by atoms with Crippen LogP contribution in [0.3, 0.4) is 0 Å². The van der Waals surface area contributed by atoms with Crippen LogP contribution in [-0.4, -0.2) is 67.6 Å². The van der Waals surface area contributed by atoms with Crippen LogP contribution in [0.5, 0.6) is 5.75 Å². The molecular formula is C18H24N4O2. The number of likely N-dealkylation sites (N-methyl/N-ethyl adjacent to an activating group) is 1. The average Bonchev–Trinajstić information content (AvgIpc) is 2.64. The fourth-order valence-corrected chi connectivity index (χ4v) is 2.80. The minimum Gasteiger partial charge on any atom is -0.492 e. The Hall–Kier alpha value is -2.18. The maximum atomic E-state index is 5.89. The molecule has 0 amide bonds. The zero-order valence-electron chi connectivity index (χ0n) is 14.0. The molecular weight excluding hydrogens is 304 g/mol. The molecule has 0 N–H and O–H groups in total. The summed E-state index contributed by atoms with van der Waals surface area (Å²) >= 11 is 0. The third kappa shape index (κ3) is 4.91. The third-order valence-electron chi connectivity index (χ3n) is 4.07. The quantitative estimate of drug-likeness (QED) is 0.771. The van der Waals surface area contributed by atoms with Crippen molar-refractivity contribution in [1.29, 1.82) is 0 Å². The molecule has 1 aliphatic heterocycles. The van der Waals surface area contributed by atoms with Crippen LogP contribution < -0.4 is 9.64 Å². The van der Waals surface area contributed by atoms with E-state index in [-0.39, 0.29) is 6.10 Å². The van der Waals surface area contributed by atoms with Gasteiger partial charge in [0.1, 0.15) is 12.4 Å². The Morgan fingerprint density at radius 3 is 2.92 bits per heavy atom. The molecule has 128 valence electrons. The molecule has 1 unspecified atom stereocenters. The SMILES string of the molecule is CN(CC1CN(CCOc2ccccc2)CCO1)c1cccnn1. The first-order valence-electron chi connectivity index (χ1n) is 8.32. The van der Waals surface area contributed by atoms with E-state index in [4.69, 9.17) is 9.47 Å². The Bertz CT molecular complexity index is 596. The summed E-state index contributed by atoms with van der Waals surface area (Å²) in [4.78, 5) is 4.48. The van der Waals surface area contributed by atoms with Crippen molar-refractivity contribution in [2.45, 2.75) is 6.10 Å². The van der Waals surface area contributed by atoms with Gasteiger partial charge in [-0.05, 0) is 24.3 Å². The van der Waals surface area contributed by atoms with E-state index in [1.54, 1.807) is 6.20 Å². The summed E-state index contributed by atoms with van der Waals surface area (Å²) in [6.45, 7) is 5.01. The Morgan fingerprint density at radius 2 is 2.12 bits per heavy atom. The molecule has 6 nitrogen and oxygen atoms in total. The van der Waals surface area contributed by atoms with Gasteiger partial charge >= 0.3 is 0 Å². The van der Waals surface area contributed by atoms with E-state index in [0.717, 1.165) is 44.4 Å². The number of hydrogen-bond donors (Lipinski definition) is 0. The Morgan fingerprint density at radius 1 is 1.25 bits per heavy atom. The lowest BCUT2D eigenvalue weighted by atomic mass is 10.2. The fraction of sp³-hybridized carbons (Fsp3) is 0.444. The molecule has 24 heavy (non-hydrogen) atoms. The summed E-state index contributed by atoms with van der Waals surface area (Å²) in [5, 5.41) is 8.06. The topological polar surface area (TPSA) is 50.7 Å². The van der Waals surface area contributed by atoms with Gasteiger partial charge in [0.2, 0.25) is 0 Å². The van der Waals surface area contributed by atoms with Crippen LogP contribution in [-0.2, 0) is 4.74 Å². The van der Waals surface area contributed by atoms with Crippen molar-refractivity contribution in [2.24, 2.45) is 0 Å². The summed E-state index contributed by atoms with van der Waals surface area (Å²) in [6, 6.07) is 13.8. The molecule has 1 saturated heterocycles. The van der Waals surface area contributed by atoms with Crippen LogP contribution in [0.4, 0.5) is 5.82 Å². The number of ether oxygens (including phenoxy) is 2. The van der Waals surface area contributed by atoms with E-state index in [2.05, 4.69) is 20.0 Å². The zero-order chi connectivity index (χ0) is 16.6. The third-order valence-corrected chi connectivity index (χ3v) is 4.07. The van der Waals surface area contributed by atoms with Crippen LogP contribution in [0.1, 0.15) is 0 Å². The van der Waals surface area contributed by atoms with Gasteiger partial charge in [0.15, 0.2) is 5.82 Å². The van der Waals surface area contributed by atoms with Gasteiger partial charge in [-0.1, -0.05) is 18.2 Å². The van der Waals surface area contributed by atoms with Crippen LogP contribution >= 0.6 is 0 Å². The van der Waals surface area contributed by atoms with Crippen molar-refractivity contribution >= 4 is 5.82 Å². The second kappa shape index (κ2) is 8.61. The molecule has 0 radical (unpaired) electrons. The van der Waals surface area contributed by atoms with E-state index >= 15 is 0 Å². The van der Waals surface area contributed by atoms with Crippen LogP contribution in [0, 0.1) is 0 Å². The van der Waals surface area contributed by atoms with Gasteiger partial charge < -0.3 is 14.4 Å². The number of hydrogen-bond acceptors (Lipinski definition) is 6. The highest BCUT2D eigenvalue weighted by molar-refractivity contribution is 5.35. The number of benzene rings is 1. The lowest BCUT2D eigenvalue weighted by Gasteiger charge is -2.34. The van der Waals surface area contributed by atoms with Crippen molar-refractivity contribution in [2.75, 3.05) is 51.3 Å². The predicted molar refractivity (Wildman–Crippen MR) is 93.4 cm³/mol. The van der Waals surface area contributed by atoms with Gasteiger partial charge in [0, 0.05) is 39.4 Å². The maximum absolute atomic E-state index is 5.89. The maximum Gasteiger partial charge on any atom is 0.151 e. The molecule has 1 atom stereocenters. The predicted octanol–water partition coefficient (Wildman–Crippen LogP) is 1.69. The summed E-state index contributed by atoms with van der Waals surface area (Å²) in [5.41, 5.74) is 0. The van der Waals surface area contributed by atoms with Crippen molar-refractivity contribution in [3.63, 3.8) is 0 Å².